The Labute approximate surface area is 141 Å². The molecule has 1 N–H and O–H groups in total. The molecule has 0 saturated carbocycles. The minimum absolute atomic E-state index is 0.00791. The summed E-state index contributed by atoms with van der Waals surface area (Å²) < 4.78 is 0. The van der Waals surface area contributed by atoms with E-state index in [2.05, 4.69) is 5.32 Å². The second kappa shape index (κ2) is 9.16. The van der Waals surface area contributed by atoms with E-state index in [0.29, 0.717) is 18.7 Å². The van der Waals surface area contributed by atoms with Crippen molar-refractivity contribution in [3.8, 4) is 0 Å². The van der Waals surface area contributed by atoms with Crippen LogP contribution < -0.4 is 5.32 Å². The van der Waals surface area contributed by atoms with Crippen molar-refractivity contribution in [2.75, 3.05) is 5.75 Å². The predicted molar refractivity (Wildman–Crippen MR) is 95.1 cm³/mol. The Morgan fingerprint density at radius 2 is 1.52 bits per heavy atom. The molecule has 0 aliphatic carbocycles. The highest BCUT2D eigenvalue weighted by atomic mass is 32.2. The summed E-state index contributed by atoms with van der Waals surface area (Å²) in [5, 5.41) is 3.02. The van der Waals surface area contributed by atoms with E-state index in [-0.39, 0.29) is 16.9 Å². The molecule has 23 heavy (non-hydrogen) atoms. The number of carbonyl (C=O) groups is 2. The molecule has 1 amide bonds. The summed E-state index contributed by atoms with van der Waals surface area (Å²) in [6, 6.07) is 19.7. The van der Waals surface area contributed by atoms with Gasteiger partial charge in [-0.3, -0.25) is 9.59 Å². The Morgan fingerprint density at radius 1 is 0.957 bits per heavy atom. The molecule has 2 aromatic rings. The summed E-state index contributed by atoms with van der Waals surface area (Å²) in [7, 11) is 0. The maximum absolute atomic E-state index is 12.5. The van der Waals surface area contributed by atoms with Gasteiger partial charge in [0.25, 0.3) is 0 Å². The summed E-state index contributed by atoms with van der Waals surface area (Å²) in [5.74, 6) is 0.284. The van der Waals surface area contributed by atoms with Crippen molar-refractivity contribution in [1.29, 1.82) is 0 Å². The lowest BCUT2D eigenvalue weighted by Crippen LogP contribution is -2.33. The van der Waals surface area contributed by atoms with Crippen molar-refractivity contribution < 1.29 is 9.59 Å². The van der Waals surface area contributed by atoms with Crippen LogP contribution in [-0.4, -0.2) is 16.8 Å². The number of thioether (sulfide) groups is 1. The zero-order valence-corrected chi connectivity index (χ0v) is 14.0. The van der Waals surface area contributed by atoms with Gasteiger partial charge in [-0.05, 0) is 17.5 Å². The molecule has 0 aromatic heterocycles. The van der Waals surface area contributed by atoms with E-state index in [1.165, 1.54) is 18.7 Å². The Bertz CT molecular complexity index is 628. The normalized spacial score (nSPS) is 11.7. The van der Waals surface area contributed by atoms with Gasteiger partial charge in [0.1, 0.15) is 0 Å². The van der Waals surface area contributed by atoms with E-state index in [9.17, 15) is 9.59 Å². The number of benzene rings is 2. The molecule has 0 spiro atoms. The van der Waals surface area contributed by atoms with Crippen LogP contribution in [0.15, 0.2) is 60.7 Å². The van der Waals surface area contributed by atoms with Crippen molar-refractivity contribution in [3.63, 3.8) is 0 Å². The standard InChI is InChI=1S/C19H21NO2S/c1-15(21)23-14-18(12-16-8-4-2-5-9-16)19(22)20-13-17-10-6-3-7-11-17/h2-11,18H,12-14H2,1H3,(H,20,22). The van der Waals surface area contributed by atoms with E-state index >= 15 is 0 Å². The first kappa shape index (κ1) is 17.3. The number of rotatable bonds is 7. The van der Waals surface area contributed by atoms with Gasteiger partial charge in [0.15, 0.2) is 5.12 Å². The van der Waals surface area contributed by atoms with Crippen molar-refractivity contribution in [3.05, 3.63) is 71.8 Å². The summed E-state index contributed by atoms with van der Waals surface area (Å²) >= 11 is 1.21. The van der Waals surface area contributed by atoms with Gasteiger partial charge in [-0.25, -0.2) is 0 Å². The van der Waals surface area contributed by atoms with Crippen molar-refractivity contribution in [2.24, 2.45) is 5.92 Å². The minimum atomic E-state index is -0.213. The second-order valence-electron chi connectivity index (χ2n) is 5.39. The van der Waals surface area contributed by atoms with Crippen LogP contribution in [0.1, 0.15) is 18.1 Å². The molecule has 120 valence electrons. The number of hydrogen-bond donors (Lipinski definition) is 1. The zero-order valence-electron chi connectivity index (χ0n) is 13.2. The van der Waals surface area contributed by atoms with E-state index in [1.807, 2.05) is 60.7 Å². The van der Waals surface area contributed by atoms with Crippen molar-refractivity contribution in [1.82, 2.24) is 5.32 Å². The molecule has 3 nitrogen and oxygen atoms in total. The van der Waals surface area contributed by atoms with E-state index in [1.54, 1.807) is 0 Å². The third-order valence-corrected chi connectivity index (χ3v) is 4.47. The molecular formula is C19H21NO2S. The Balaban J connectivity index is 1.97. The quantitative estimate of drug-likeness (QED) is 0.847. The van der Waals surface area contributed by atoms with Gasteiger partial charge in [0.05, 0.1) is 5.92 Å². The predicted octanol–water partition coefficient (Wildman–Crippen LogP) is 3.44. The van der Waals surface area contributed by atoms with Gasteiger partial charge in [-0.1, -0.05) is 72.4 Å². The molecule has 1 atom stereocenters. The molecule has 0 aliphatic rings. The molecule has 2 rings (SSSR count). The summed E-state index contributed by atoms with van der Waals surface area (Å²) in [6.45, 7) is 2.04. The Hall–Kier alpha value is -2.07. The summed E-state index contributed by atoms with van der Waals surface area (Å²) in [4.78, 5) is 23.7. The van der Waals surface area contributed by atoms with E-state index in [4.69, 9.17) is 0 Å². The number of amides is 1. The molecule has 0 heterocycles. The highest BCUT2D eigenvalue weighted by molar-refractivity contribution is 8.13. The maximum atomic E-state index is 12.5. The highest BCUT2D eigenvalue weighted by Crippen LogP contribution is 2.16. The zero-order chi connectivity index (χ0) is 16.5. The average Bonchev–Trinajstić information content (AvgIpc) is 2.58. The first-order valence-electron chi connectivity index (χ1n) is 7.64. The van der Waals surface area contributed by atoms with Crippen LogP contribution in [0, 0.1) is 5.92 Å². The van der Waals surface area contributed by atoms with Gasteiger partial charge in [-0.15, -0.1) is 0 Å². The van der Waals surface area contributed by atoms with Crippen LogP contribution in [0.2, 0.25) is 0 Å². The topological polar surface area (TPSA) is 46.2 Å². The third kappa shape index (κ3) is 6.28. The van der Waals surface area contributed by atoms with Crippen molar-refractivity contribution in [2.45, 2.75) is 19.9 Å². The average molecular weight is 327 g/mol. The fourth-order valence-corrected chi connectivity index (χ4v) is 2.98. The van der Waals surface area contributed by atoms with E-state index in [0.717, 1.165) is 11.1 Å². The van der Waals surface area contributed by atoms with Gasteiger partial charge in [-0.2, -0.15) is 0 Å². The Kier molecular flexibility index (Phi) is 6.88. The maximum Gasteiger partial charge on any atom is 0.224 e. The molecular weight excluding hydrogens is 306 g/mol. The molecule has 0 saturated heterocycles. The lowest BCUT2D eigenvalue weighted by molar-refractivity contribution is -0.124. The van der Waals surface area contributed by atoms with Crippen molar-refractivity contribution >= 4 is 22.8 Å². The van der Waals surface area contributed by atoms with E-state index < -0.39 is 0 Å². The third-order valence-electron chi connectivity index (χ3n) is 3.49. The first-order valence-corrected chi connectivity index (χ1v) is 8.62. The van der Waals surface area contributed by atoms with Crippen LogP contribution in [0.5, 0.6) is 0 Å². The lowest BCUT2D eigenvalue weighted by atomic mass is 10.00. The molecule has 1 unspecified atom stereocenters. The van der Waals surface area contributed by atoms with Crippen LogP contribution in [0.25, 0.3) is 0 Å². The largest absolute Gasteiger partial charge is 0.352 e. The monoisotopic (exact) mass is 327 g/mol. The molecule has 2 aromatic carbocycles. The fraction of sp³-hybridized carbons (Fsp3) is 0.263. The highest BCUT2D eigenvalue weighted by Gasteiger charge is 2.19. The molecule has 4 heteroatoms. The fourth-order valence-electron chi connectivity index (χ4n) is 2.27. The number of nitrogens with one attached hydrogen (secondary N) is 1. The number of hydrogen-bond acceptors (Lipinski definition) is 3. The second-order valence-corrected chi connectivity index (χ2v) is 6.59. The summed E-state index contributed by atoms with van der Waals surface area (Å²) in [6.07, 6.45) is 0.641. The molecule has 0 aliphatic heterocycles. The van der Waals surface area contributed by atoms with Gasteiger partial charge < -0.3 is 5.32 Å². The first-order chi connectivity index (χ1) is 11.1. The van der Waals surface area contributed by atoms with Crippen LogP contribution in [0.3, 0.4) is 0 Å². The van der Waals surface area contributed by atoms with Gasteiger partial charge >= 0.3 is 0 Å². The lowest BCUT2D eigenvalue weighted by Gasteiger charge is -2.16. The summed E-state index contributed by atoms with van der Waals surface area (Å²) in [5.41, 5.74) is 2.18. The molecule has 0 bridgehead atoms. The molecule has 0 fully saturated rings. The van der Waals surface area contributed by atoms with Crippen LogP contribution >= 0.6 is 11.8 Å². The van der Waals surface area contributed by atoms with Crippen LogP contribution in [-0.2, 0) is 22.6 Å². The molecule has 0 radical (unpaired) electrons. The Morgan fingerprint density at radius 3 is 2.09 bits per heavy atom. The van der Waals surface area contributed by atoms with Gasteiger partial charge in [0.2, 0.25) is 5.91 Å². The SMILES string of the molecule is CC(=O)SCC(Cc1ccccc1)C(=O)NCc1ccccc1. The van der Waals surface area contributed by atoms with Gasteiger partial charge in [0, 0.05) is 19.2 Å². The number of carbonyl (C=O) groups excluding carboxylic acids is 2. The smallest absolute Gasteiger partial charge is 0.224 e. The minimum Gasteiger partial charge on any atom is -0.352 e. The van der Waals surface area contributed by atoms with Crippen LogP contribution in [0.4, 0.5) is 0 Å².